The van der Waals surface area contributed by atoms with Crippen molar-refractivity contribution in [1.29, 1.82) is 0 Å². The van der Waals surface area contributed by atoms with Gasteiger partial charge in [-0.15, -0.1) is 22.7 Å². The molecule has 7 rings (SSSR count). The standard InChI is InChI=1S/C73H114S2/c1-9-15-21-27-33-39-45-71(46-40-34-28-22-16-10-2)63-55-61-65(72(47-41-35-29-23-17-11-3,48-42-36-30-24-18-12-4)67-51-57(7)74-69(61)67)53-59(63)60-54-66-62(56-64(60)71)70-68(52-58(8)75-70)73(66,49-43-37-31-25-19-13-5)50-44-38-32-26-20-14-6/h51-56H,9-50H2,1-8H3. The quantitative estimate of drug-likeness (QED) is 0.0388. The average molecular weight is 1060 g/mol. The Morgan fingerprint density at radius 3 is 0.693 bits per heavy atom. The Morgan fingerprint density at radius 2 is 0.440 bits per heavy atom. The van der Waals surface area contributed by atoms with Crippen LogP contribution in [0.4, 0.5) is 0 Å². The van der Waals surface area contributed by atoms with E-state index in [1.807, 2.05) is 0 Å². The van der Waals surface area contributed by atoms with E-state index < -0.39 is 0 Å². The van der Waals surface area contributed by atoms with Crippen molar-refractivity contribution in [2.24, 2.45) is 0 Å². The van der Waals surface area contributed by atoms with E-state index >= 15 is 0 Å². The summed E-state index contributed by atoms with van der Waals surface area (Å²) in [5, 5.41) is 0. The van der Waals surface area contributed by atoms with Crippen molar-refractivity contribution >= 4 is 22.7 Å². The number of rotatable bonds is 42. The van der Waals surface area contributed by atoms with Gasteiger partial charge in [0.05, 0.1) is 0 Å². The molecule has 0 bridgehead atoms. The highest BCUT2D eigenvalue weighted by molar-refractivity contribution is 7.16. The van der Waals surface area contributed by atoms with Crippen molar-refractivity contribution in [3.8, 4) is 32.0 Å². The Labute approximate surface area is 472 Å². The van der Waals surface area contributed by atoms with E-state index in [9.17, 15) is 0 Å². The topological polar surface area (TPSA) is 0 Å². The van der Waals surface area contributed by atoms with Crippen LogP contribution < -0.4 is 0 Å². The van der Waals surface area contributed by atoms with Crippen molar-refractivity contribution in [3.63, 3.8) is 0 Å². The maximum atomic E-state index is 2.95. The van der Waals surface area contributed by atoms with Gasteiger partial charge in [-0.1, -0.05) is 273 Å². The second-order valence-electron chi connectivity index (χ2n) is 25.4. The smallest absolute Gasteiger partial charge is 0.0389 e. The summed E-state index contributed by atoms with van der Waals surface area (Å²) in [5.41, 5.74) is 17.4. The molecule has 418 valence electrons. The van der Waals surface area contributed by atoms with Crippen LogP contribution in [0.25, 0.3) is 32.0 Å². The molecule has 0 nitrogen and oxygen atoms in total. The van der Waals surface area contributed by atoms with Gasteiger partial charge >= 0.3 is 0 Å². The van der Waals surface area contributed by atoms with Gasteiger partial charge in [-0.3, -0.25) is 0 Å². The lowest BCUT2D eigenvalue weighted by atomic mass is 9.68. The molecule has 0 aliphatic heterocycles. The van der Waals surface area contributed by atoms with Gasteiger partial charge in [0, 0.05) is 35.8 Å². The van der Waals surface area contributed by atoms with E-state index in [0.29, 0.717) is 0 Å². The molecule has 0 saturated heterocycles. The molecule has 0 saturated carbocycles. The van der Waals surface area contributed by atoms with Gasteiger partial charge in [-0.25, -0.2) is 0 Å². The van der Waals surface area contributed by atoms with Crippen molar-refractivity contribution in [2.45, 2.75) is 341 Å². The third kappa shape index (κ3) is 14.4. The Balaban J connectivity index is 1.42. The summed E-state index contributed by atoms with van der Waals surface area (Å²) in [6.45, 7) is 19.1. The molecule has 0 radical (unpaired) electrons. The van der Waals surface area contributed by atoms with E-state index in [0.717, 1.165) is 0 Å². The number of aryl methyl sites for hydroxylation is 2. The van der Waals surface area contributed by atoms with Crippen LogP contribution in [-0.2, 0) is 16.2 Å². The van der Waals surface area contributed by atoms with E-state index in [4.69, 9.17) is 0 Å². The lowest BCUT2D eigenvalue weighted by Gasteiger charge is -2.35. The summed E-state index contributed by atoms with van der Waals surface area (Å²) >= 11 is 4.30. The van der Waals surface area contributed by atoms with Gasteiger partial charge in [0.1, 0.15) is 0 Å². The number of hydrogen-bond acceptors (Lipinski definition) is 2. The zero-order valence-electron chi connectivity index (χ0n) is 50.5. The molecule has 3 aliphatic rings. The minimum Gasteiger partial charge on any atom is -0.140 e. The number of fused-ring (bicyclic) bond motifs is 9. The summed E-state index contributed by atoms with van der Waals surface area (Å²) < 4.78 is 0. The van der Waals surface area contributed by atoms with Crippen LogP contribution in [0.5, 0.6) is 0 Å². The summed E-state index contributed by atoms with van der Waals surface area (Å²) in [4.78, 5) is 6.37. The fraction of sp³-hybridized carbons (Fsp3) is 0.726. The van der Waals surface area contributed by atoms with Gasteiger partial charge in [0.2, 0.25) is 0 Å². The second-order valence-corrected chi connectivity index (χ2v) is 28.0. The first-order chi connectivity index (χ1) is 36.8. The summed E-state index contributed by atoms with van der Waals surface area (Å²) in [6.07, 6.45) is 57.4. The van der Waals surface area contributed by atoms with Gasteiger partial charge in [-0.2, -0.15) is 0 Å². The molecule has 0 N–H and O–H groups in total. The molecule has 75 heavy (non-hydrogen) atoms. The third-order valence-corrected chi connectivity index (χ3v) is 21.8. The SMILES string of the molecule is CCCCCCCCC1(CCCCCCCC)c2cc3c(cc2-c2cc4c(cc21)-c1sc(C)cc1C4(CCCCCCCC)CCCCCCCC)C(CCCCCCCC)(CCCCCCCC)c1cc(C)sc1-3. The summed E-state index contributed by atoms with van der Waals surface area (Å²) in [6, 6.07) is 17.2. The number of benzene rings is 2. The molecule has 3 aliphatic carbocycles. The molecule has 0 atom stereocenters. The molecule has 2 heterocycles. The number of unbranched alkanes of at least 4 members (excludes halogenated alkanes) is 30. The van der Waals surface area contributed by atoms with Crippen molar-refractivity contribution in [2.75, 3.05) is 0 Å². The Hall–Kier alpha value is -2.16. The fourth-order valence-corrected chi connectivity index (χ4v) is 17.7. The van der Waals surface area contributed by atoms with Crippen LogP contribution >= 0.6 is 22.7 Å². The van der Waals surface area contributed by atoms with Crippen LogP contribution in [0.2, 0.25) is 0 Å². The lowest BCUT2D eigenvalue weighted by molar-refractivity contribution is 0.393. The first kappa shape index (κ1) is 60.5. The number of thiophene rings is 2. The van der Waals surface area contributed by atoms with Crippen LogP contribution in [0.3, 0.4) is 0 Å². The maximum absolute atomic E-state index is 2.95. The summed E-state index contributed by atoms with van der Waals surface area (Å²) in [5.74, 6) is 0. The van der Waals surface area contributed by atoms with E-state index in [-0.39, 0.29) is 16.2 Å². The fourth-order valence-electron chi connectivity index (χ4n) is 15.4. The molecule has 0 fully saturated rings. The normalized spacial score (nSPS) is 15.1. The zero-order valence-corrected chi connectivity index (χ0v) is 52.1. The van der Waals surface area contributed by atoms with E-state index in [1.165, 1.54) is 279 Å². The predicted octanol–water partition coefficient (Wildman–Crippen LogP) is 25.7. The first-order valence-corrected chi connectivity index (χ1v) is 35.0. The summed E-state index contributed by atoms with van der Waals surface area (Å²) in [7, 11) is 0. The highest BCUT2D eigenvalue weighted by Crippen LogP contribution is 2.65. The first-order valence-electron chi connectivity index (χ1n) is 33.4. The van der Waals surface area contributed by atoms with E-state index in [2.05, 4.69) is 114 Å². The minimum absolute atomic E-state index is 0.0663. The highest BCUT2D eigenvalue weighted by atomic mass is 32.1. The molecule has 4 aromatic rings. The third-order valence-electron chi connectivity index (χ3n) is 19.6. The molecule has 0 unspecified atom stereocenters. The Bertz CT molecular complexity index is 2080. The zero-order chi connectivity index (χ0) is 52.9. The average Bonchev–Trinajstić information content (AvgIpc) is 4.27. The number of hydrogen-bond donors (Lipinski definition) is 0. The van der Waals surface area contributed by atoms with Gasteiger partial charge in [0.25, 0.3) is 0 Å². The molecular formula is C73H114S2. The Morgan fingerprint density at radius 1 is 0.240 bits per heavy atom. The van der Waals surface area contributed by atoms with Crippen LogP contribution in [0, 0.1) is 13.8 Å². The van der Waals surface area contributed by atoms with Gasteiger partial charge in [-0.05, 0) is 144 Å². The van der Waals surface area contributed by atoms with Gasteiger partial charge in [0.15, 0.2) is 0 Å². The minimum atomic E-state index is 0.0663. The van der Waals surface area contributed by atoms with Crippen molar-refractivity contribution in [3.05, 3.63) is 79.5 Å². The molecular weight excluding hydrogens is 941 g/mol. The molecule has 2 aromatic carbocycles. The van der Waals surface area contributed by atoms with E-state index in [1.54, 1.807) is 65.4 Å². The monoisotopic (exact) mass is 1050 g/mol. The largest absolute Gasteiger partial charge is 0.140 e. The maximum Gasteiger partial charge on any atom is 0.0389 e. The van der Waals surface area contributed by atoms with Crippen LogP contribution in [0.15, 0.2) is 36.4 Å². The predicted molar refractivity (Wildman–Crippen MR) is 338 cm³/mol. The molecule has 2 heteroatoms. The Kier molecular flexibility index (Phi) is 25.0. The van der Waals surface area contributed by atoms with Gasteiger partial charge < -0.3 is 0 Å². The lowest BCUT2D eigenvalue weighted by Crippen LogP contribution is -2.27. The van der Waals surface area contributed by atoms with Crippen LogP contribution in [0.1, 0.15) is 354 Å². The molecule has 0 spiro atoms. The van der Waals surface area contributed by atoms with Crippen molar-refractivity contribution < 1.29 is 0 Å². The van der Waals surface area contributed by atoms with Crippen molar-refractivity contribution in [1.82, 2.24) is 0 Å². The molecule has 0 amide bonds. The molecule has 2 aromatic heterocycles. The van der Waals surface area contributed by atoms with Crippen LogP contribution in [-0.4, -0.2) is 0 Å². The highest BCUT2D eigenvalue weighted by Gasteiger charge is 2.51. The second kappa shape index (κ2) is 31.0.